The monoisotopic (exact) mass is 372 g/mol. The predicted molar refractivity (Wildman–Crippen MR) is 113 cm³/mol. The number of amides is 2. The molecule has 3 aromatic rings. The van der Waals surface area contributed by atoms with Crippen LogP contribution in [0.1, 0.15) is 37.4 Å². The van der Waals surface area contributed by atoms with Gasteiger partial charge in [0.1, 0.15) is 0 Å². The van der Waals surface area contributed by atoms with Gasteiger partial charge in [0.2, 0.25) is 0 Å². The first kappa shape index (κ1) is 19.4. The maximum absolute atomic E-state index is 12.5. The van der Waals surface area contributed by atoms with E-state index in [0.717, 1.165) is 12.0 Å². The Hall–Kier alpha value is -3.40. The molecule has 0 saturated heterocycles. The van der Waals surface area contributed by atoms with Gasteiger partial charge in [-0.25, -0.2) is 0 Å². The van der Waals surface area contributed by atoms with Crippen LogP contribution < -0.4 is 10.6 Å². The summed E-state index contributed by atoms with van der Waals surface area (Å²) < 4.78 is 0. The van der Waals surface area contributed by atoms with Crippen molar-refractivity contribution < 1.29 is 9.59 Å². The zero-order valence-electron chi connectivity index (χ0n) is 16.2. The van der Waals surface area contributed by atoms with E-state index in [4.69, 9.17) is 0 Å². The molecule has 0 fully saturated rings. The second-order valence-electron chi connectivity index (χ2n) is 6.84. The third-order valence-electron chi connectivity index (χ3n) is 4.57. The summed E-state index contributed by atoms with van der Waals surface area (Å²) in [5.74, 6) is -0.344. The van der Waals surface area contributed by atoms with Gasteiger partial charge in [-0.15, -0.1) is 0 Å². The molecular formula is C24H24N2O2. The van der Waals surface area contributed by atoms with E-state index in [2.05, 4.69) is 35.8 Å². The normalized spacial score (nSPS) is 10.4. The molecule has 0 aliphatic heterocycles. The number of benzene rings is 3. The van der Waals surface area contributed by atoms with Crippen molar-refractivity contribution in [1.29, 1.82) is 0 Å². The standard InChI is InChI=1S/C24H24N2O2/c1-17-7-6-8-19(15-17)13-14-25-23(27)21-12-11-18(2)22(16-21)26-24(28)20-9-4-3-5-10-20/h3-12,15-16H,13-14H2,1-2H3,(H,25,27)(H,26,28). The molecule has 0 aliphatic rings. The smallest absolute Gasteiger partial charge is 0.255 e. The summed E-state index contributed by atoms with van der Waals surface area (Å²) >= 11 is 0. The number of hydrogen-bond acceptors (Lipinski definition) is 2. The van der Waals surface area contributed by atoms with E-state index >= 15 is 0 Å². The van der Waals surface area contributed by atoms with E-state index < -0.39 is 0 Å². The van der Waals surface area contributed by atoms with Crippen LogP contribution in [0.4, 0.5) is 5.69 Å². The van der Waals surface area contributed by atoms with Gasteiger partial charge in [0.05, 0.1) is 0 Å². The number of carbonyl (C=O) groups excluding carboxylic acids is 2. The van der Waals surface area contributed by atoms with Crippen LogP contribution in [-0.4, -0.2) is 18.4 Å². The molecule has 0 aromatic heterocycles. The van der Waals surface area contributed by atoms with Crippen molar-refractivity contribution in [2.45, 2.75) is 20.3 Å². The van der Waals surface area contributed by atoms with Gasteiger partial charge in [-0.2, -0.15) is 0 Å². The first-order valence-corrected chi connectivity index (χ1v) is 9.34. The van der Waals surface area contributed by atoms with Crippen LogP contribution in [0, 0.1) is 13.8 Å². The molecule has 0 spiro atoms. The third-order valence-corrected chi connectivity index (χ3v) is 4.57. The van der Waals surface area contributed by atoms with Crippen LogP contribution in [0.2, 0.25) is 0 Å². The third kappa shape index (κ3) is 5.07. The topological polar surface area (TPSA) is 58.2 Å². The molecule has 0 bridgehead atoms. The Morgan fingerprint density at radius 2 is 1.57 bits per heavy atom. The van der Waals surface area contributed by atoms with Gasteiger partial charge >= 0.3 is 0 Å². The molecule has 28 heavy (non-hydrogen) atoms. The number of anilines is 1. The van der Waals surface area contributed by atoms with E-state index in [9.17, 15) is 9.59 Å². The van der Waals surface area contributed by atoms with E-state index in [1.807, 2.05) is 37.3 Å². The quantitative estimate of drug-likeness (QED) is 0.668. The number of aryl methyl sites for hydroxylation is 2. The van der Waals surface area contributed by atoms with Gasteiger partial charge in [-0.05, 0) is 55.7 Å². The summed E-state index contributed by atoms with van der Waals surface area (Å²) in [7, 11) is 0. The Balaban J connectivity index is 1.63. The van der Waals surface area contributed by atoms with Crippen LogP contribution in [0.25, 0.3) is 0 Å². The first-order chi connectivity index (χ1) is 13.5. The zero-order chi connectivity index (χ0) is 19.9. The van der Waals surface area contributed by atoms with Gasteiger partial charge in [0, 0.05) is 23.4 Å². The minimum atomic E-state index is -0.194. The lowest BCUT2D eigenvalue weighted by Crippen LogP contribution is -2.26. The molecule has 2 N–H and O–H groups in total. The SMILES string of the molecule is Cc1cccc(CCNC(=O)c2ccc(C)c(NC(=O)c3ccccc3)c2)c1. The van der Waals surface area contributed by atoms with Crippen molar-refractivity contribution in [3.8, 4) is 0 Å². The molecule has 3 aromatic carbocycles. The lowest BCUT2D eigenvalue weighted by Gasteiger charge is -2.11. The highest BCUT2D eigenvalue weighted by Gasteiger charge is 2.11. The van der Waals surface area contributed by atoms with Crippen molar-refractivity contribution in [3.05, 3.63) is 101 Å². The van der Waals surface area contributed by atoms with E-state index in [1.54, 1.807) is 24.3 Å². The highest BCUT2D eigenvalue weighted by Crippen LogP contribution is 2.18. The maximum Gasteiger partial charge on any atom is 0.255 e. The van der Waals surface area contributed by atoms with Crippen molar-refractivity contribution >= 4 is 17.5 Å². The number of hydrogen-bond donors (Lipinski definition) is 2. The van der Waals surface area contributed by atoms with Crippen LogP contribution in [0.15, 0.2) is 72.8 Å². The van der Waals surface area contributed by atoms with Gasteiger partial charge in [0.25, 0.3) is 11.8 Å². The molecule has 0 saturated carbocycles. The van der Waals surface area contributed by atoms with Crippen LogP contribution in [0.5, 0.6) is 0 Å². The average Bonchev–Trinajstić information content (AvgIpc) is 2.70. The van der Waals surface area contributed by atoms with Crippen LogP contribution in [-0.2, 0) is 6.42 Å². The number of carbonyl (C=O) groups is 2. The largest absolute Gasteiger partial charge is 0.352 e. The van der Waals surface area contributed by atoms with Gasteiger partial charge in [-0.3, -0.25) is 9.59 Å². The Morgan fingerprint density at radius 3 is 2.32 bits per heavy atom. The Bertz CT molecular complexity index is 981. The summed E-state index contributed by atoms with van der Waals surface area (Å²) in [6.45, 7) is 4.52. The fraction of sp³-hybridized carbons (Fsp3) is 0.167. The molecule has 0 heterocycles. The lowest BCUT2D eigenvalue weighted by molar-refractivity contribution is 0.0952. The Morgan fingerprint density at radius 1 is 0.786 bits per heavy atom. The zero-order valence-corrected chi connectivity index (χ0v) is 16.2. The van der Waals surface area contributed by atoms with Gasteiger partial charge in [-0.1, -0.05) is 54.1 Å². The molecule has 4 heteroatoms. The minimum absolute atomic E-state index is 0.150. The predicted octanol–water partition coefficient (Wildman–Crippen LogP) is 4.53. The van der Waals surface area contributed by atoms with Gasteiger partial charge in [0.15, 0.2) is 0 Å². The van der Waals surface area contributed by atoms with Crippen molar-refractivity contribution in [2.24, 2.45) is 0 Å². The van der Waals surface area contributed by atoms with Crippen molar-refractivity contribution in [2.75, 3.05) is 11.9 Å². The second-order valence-corrected chi connectivity index (χ2v) is 6.84. The summed E-state index contributed by atoms with van der Waals surface area (Å²) in [4.78, 5) is 24.9. The second kappa shape index (κ2) is 9.00. The van der Waals surface area contributed by atoms with E-state index in [1.165, 1.54) is 11.1 Å². The molecule has 3 rings (SSSR count). The van der Waals surface area contributed by atoms with Crippen LogP contribution >= 0.6 is 0 Å². The van der Waals surface area contributed by atoms with E-state index in [-0.39, 0.29) is 11.8 Å². The van der Waals surface area contributed by atoms with Crippen LogP contribution in [0.3, 0.4) is 0 Å². The van der Waals surface area contributed by atoms with Gasteiger partial charge < -0.3 is 10.6 Å². The molecule has 0 atom stereocenters. The molecule has 0 aliphatic carbocycles. The summed E-state index contributed by atoms with van der Waals surface area (Å²) in [6, 6.07) is 22.6. The Kier molecular flexibility index (Phi) is 6.22. The first-order valence-electron chi connectivity index (χ1n) is 9.34. The van der Waals surface area contributed by atoms with E-state index in [0.29, 0.717) is 23.4 Å². The summed E-state index contributed by atoms with van der Waals surface area (Å²) in [5, 5.41) is 5.84. The molecule has 142 valence electrons. The highest BCUT2D eigenvalue weighted by atomic mass is 16.2. The molecule has 0 radical (unpaired) electrons. The summed E-state index contributed by atoms with van der Waals surface area (Å²) in [5.41, 5.74) is 5.05. The number of rotatable bonds is 6. The highest BCUT2D eigenvalue weighted by molar-refractivity contribution is 6.05. The lowest BCUT2D eigenvalue weighted by atomic mass is 10.1. The minimum Gasteiger partial charge on any atom is -0.352 e. The summed E-state index contributed by atoms with van der Waals surface area (Å²) in [6.07, 6.45) is 0.775. The molecule has 2 amide bonds. The van der Waals surface area contributed by atoms with Crippen molar-refractivity contribution in [1.82, 2.24) is 5.32 Å². The fourth-order valence-electron chi connectivity index (χ4n) is 2.97. The van der Waals surface area contributed by atoms with Crippen molar-refractivity contribution in [3.63, 3.8) is 0 Å². The molecule has 4 nitrogen and oxygen atoms in total. The maximum atomic E-state index is 12.5. The Labute approximate surface area is 165 Å². The number of nitrogens with one attached hydrogen (secondary N) is 2. The average molecular weight is 372 g/mol. The molecular weight excluding hydrogens is 348 g/mol. The fourth-order valence-corrected chi connectivity index (χ4v) is 2.97. The molecule has 0 unspecified atom stereocenters.